The van der Waals surface area contributed by atoms with Gasteiger partial charge in [-0.15, -0.1) is 0 Å². The van der Waals surface area contributed by atoms with Crippen molar-refractivity contribution in [3.05, 3.63) is 64.0 Å². The van der Waals surface area contributed by atoms with Crippen LogP contribution < -0.4 is 5.63 Å². The molecule has 1 aliphatic rings. The first kappa shape index (κ1) is 12.7. The van der Waals surface area contributed by atoms with Crippen LogP contribution in [0, 0.1) is 0 Å². The van der Waals surface area contributed by atoms with E-state index in [1.54, 1.807) is 6.07 Å². The van der Waals surface area contributed by atoms with E-state index in [0.717, 1.165) is 46.4 Å². The minimum atomic E-state index is -0.463. The molecule has 0 bridgehead atoms. The third-order valence-electron chi connectivity index (χ3n) is 4.93. The van der Waals surface area contributed by atoms with Crippen molar-refractivity contribution in [2.24, 2.45) is 0 Å². The fourth-order valence-electron chi connectivity index (χ4n) is 3.96. The molecule has 3 nitrogen and oxygen atoms in total. The standard InChI is InChI=1S/C20H14O3/c21-15-10-12-5-3-7-14(12)18-17-13-6-2-1-4-11(13)8-9-16(17)23-20(22)19(15)18/h1-2,4,6,8-10,21H,3,5,7H2. The highest BCUT2D eigenvalue weighted by Crippen LogP contribution is 2.40. The smallest absolute Gasteiger partial charge is 0.347 e. The van der Waals surface area contributed by atoms with Crippen LogP contribution in [0.15, 0.2) is 51.7 Å². The summed E-state index contributed by atoms with van der Waals surface area (Å²) in [6, 6.07) is 13.6. The lowest BCUT2D eigenvalue weighted by Crippen LogP contribution is -2.03. The zero-order valence-corrected chi connectivity index (χ0v) is 12.4. The van der Waals surface area contributed by atoms with Crippen LogP contribution in [0.3, 0.4) is 0 Å². The molecule has 1 aromatic heterocycles. The molecular weight excluding hydrogens is 288 g/mol. The van der Waals surface area contributed by atoms with E-state index < -0.39 is 5.63 Å². The van der Waals surface area contributed by atoms with E-state index in [1.807, 2.05) is 30.3 Å². The van der Waals surface area contributed by atoms with E-state index in [4.69, 9.17) is 4.42 Å². The zero-order chi connectivity index (χ0) is 15.6. The second kappa shape index (κ2) is 4.35. The minimum absolute atomic E-state index is 0.0317. The van der Waals surface area contributed by atoms with Gasteiger partial charge in [-0.1, -0.05) is 30.3 Å². The van der Waals surface area contributed by atoms with Crippen LogP contribution in [0.5, 0.6) is 5.75 Å². The van der Waals surface area contributed by atoms with Crippen molar-refractivity contribution >= 4 is 32.5 Å². The predicted molar refractivity (Wildman–Crippen MR) is 91.2 cm³/mol. The van der Waals surface area contributed by atoms with E-state index in [9.17, 15) is 9.90 Å². The highest BCUT2D eigenvalue weighted by molar-refractivity contribution is 6.20. The highest BCUT2D eigenvalue weighted by atomic mass is 16.4. The van der Waals surface area contributed by atoms with Crippen LogP contribution in [-0.2, 0) is 12.8 Å². The van der Waals surface area contributed by atoms with Crippen LogP contribution in [0.4, 0.5) is 0 Å². The highest BCUT2D eigenvalue weighted by Gasteiger charge is 2.22. The molecule has 0 radical (unpaired) electrons. The molecule has 0 aliphatic heterocycles. The Kier molecular flexibility index (Phi) is 2.41. The van der Waals surface area contributed by atoms with E-state index in [-0.39, 0.29) is 5.75 Å². The molecule has 23 heavy (non-hydrogen) atoms. The fraction of sp³-hybridized carbons (Fsp3) is 0.150. The topological polar surface area (TPSA) is 50.4 Å². The summed E-state index contributed by atoms with van der Waals surface area (Å²) in [6.45, 7) is 0. The molecule has 4 aromatic rings. The Hall–Kier alpha value is -2.81. The van der Waals surface area contributed by atoms with Crippen LogP contribution in [0.2, 0.25) is 0 Å². The summed E-state index contributed by atoms with van der Waals surface area (Å²) < 4.78 is 5.51. The van der Waals surface area contributed by atoms with Gasteiger partial charge in [0.1, 0.15) is 16.7 Å². The number of hydrogen-bond donors (Lipinski definition) is 1. The Balaban J connectivity index is 2.19. The van der Waals surface area contributed by atoms with Gasteiger partial charge >= 0.3 is 5.63 Å². The Morgan fingerprint density at radius 1 is 0.957 bits per heavy atom. The third-order valence-corrected chi connectivity index (χ3v) is 4.93. The summed E-state index contributed by atoms with van der Waals surface area (Å²) in [5, 5.41) is 14.7. The summed E-state index contributed by atoms with van der Waals surface area (Å²) >= 11 is 0. The maximum atomic E-state index is 12.4. The molecule has 112 valence electrons. The zero-order valence-electron chi connectivity index (χ0n) is 12.4. The Morgan fingerprint density at radius 2 is 1.83 bits per heavy atom. The Bertz CT molecular complexity index is 1170. The lowest BCUT2D eigenvalue weighted by molar-refractivity contribution is 0.477. The van der Waals surface area contributed by atoms with Crippen molar-refractivity contribution in [2.45, 2.75) is 19.3 Å². The number of aryl methyl sites for hydroxylation is 2. The normalized spacial score (nSPS) is 13.9. The molecule has 1 N–H and O–H groups in total. The number of benzene rings is 3. The van der Waals surface area contributed by atoms with E-state index >= 15 is 0 Å². The van der Waals surface area contributed by atoms with Crippen molar-refractivity contribution in [3.8, 4) is 5.75 Å². The maximum absolute atomic E-state index is 12.4. The van der Waals surface area contributed by atoms with Gasteiger partial charge in [0, 0.05) is 10.8 Å². The SMILES string of the molecule is O=c1oc2ccc3ccccc3c2c2c3c(cc(O)c12)CCC3. The number of rotatable bonds is 0. The van der Waals surface area contributed by atoms with Crippen LogP contribution in [0.25, 0.3) is 32.5 Å². The van der Waals surface area contributed by atoms with Gasteiger partial charge in [0.2, 0.25) is 0 Å². The molecule has 1 aliphatic carbocycles. The number of hydrogen-bond acceptors (Lipinski definition) is 3. The number of fused-ring (bicyclic) bond motifs is 7. The summed E-state index contributed by atoms with van der Waals surface area (Å²) in [5.74, 6) is 0.0317. The van der Waals surface area contributed by atoms with Crippen LogP contribution in [0.1, 0.15) is 17.5 Å². The molecule has 5 rings (SSSR count). The molecule has 0 saturated carbocycles. The van der Waals surface area contributed by atoms with Gasteiger partial charge in [0.25, 0.3) is 0 Å². The van der Waals surface area contributed by atoms with Gasteiger partial charge in [-0.25, -0.2) is 4.79 Å². The molecule has 0 atom stereocenters. The van der Waals surface area contributed by atoms with Crippen LogP contribution >= 0.6 is 0 Å². The van der Waals surface area contributed by atoms with Crippen molar-refractivity contribution in [2.75, 3.05) is 0 Å². The van der Waals surface area contributed by atoms with E-state index in [0.29, 0.717) is 11.0 Å². The van der Waals surface area contributed by atoms with Gasteiger partial charge in [-0.3, -0.25) is 0 Å². The number of phenols is 1. The lowest BCUT2D eigenvalue weighted by atomic mass is 9.95. The van der Waals surface area contributed by atoms with Gasteiger partial charge < -0.3 is 9.52 Å². The molecule has 3 aromatic carbocycles. The second-order valence-corrected chi connectivity index (χ2v) is 6.19. The first-order valence-electron chi connectivity index (χ1n) is 7.86. The average molecular weight is 302 g/mol. The quantitative estimate of drug-likeness (QED) is 0.389. The molecule has 3 heteroatoms. The summed E-state index contributed by atoms with van der Waals surface area (Å²) in [4.78, 5) is 12.4. The molecular formula is C20H14O3. The van der Waals surface area contributed by atoms with Crippen molar-refractivity contribution in [3.63, 3.8) is 0 Å². The molecule has 0 saturated heterocycles. The lowest BCUT2D eigenvalue weighted by Gasteiger charge is -2.11. The van der Waals surface area contributed by atoms with Gasteiger partial charge in [0.05, 0.1) is 0 Å². The maximum Gasteiger partial charge on any atom is 0.347 e. The van der Waals surface area contributed by atoms with E-state index in [1.165, 1.54) is 5.56 Å². The van der Waals surface area contributed by atoms with E-state index in [2.05, 4.69) is 6.07 Å². The van der Waals surface area contributed by atoms with Gasteiger partial charge in [-0.2, -0.15) is 0 Å². The first-order valence-corrected chi connectivity index (χ1v) is 7.86. The molecule has 1 heterocycles. The molecule has 0 spiro atoms. The van der Waals surface area contributed by atoms with Gasteiger partial charge in [0.15, 0.2) is 0 Å². The summed E-state index contributed by atoms with van der Waals surface area (Å²) in [7, 11) is 0. The summed E-state index contributed by atoms with van der Waals surface area (Å²) in [6.07, 6.45) is 2.94. The molecule has 0 unspecified atom stereocenters. The molecule has 0 fully saturated rings. The van der Waals surface area contributed by atoms with Crippen molar-refractivity contribution in [1.29, 1.82) is 0 Å². The van der Waals surface area contributed by atoms with Crippen LogP contribution in [-0.4, -0.2) is 5.11 Å². The monoisotopic (exact) mass is 302 g/mol. The molecule has 0 amide bonds. The minimum Gasteiger partial charge on any atom is -0.507 e. The first-order chi connectivity index (χ1) is 11.2. The Morgan fingerprint density at radius 3 is 2.74 bits per heavy atom. The van der Waals surface area contributed by atoms with Crippen molar-refractivity contribution in [1.82, 2.24) is 0 Å². The third kappa shape index (κ3) is 1.62. The Labute approximate surface area is 131 Å². The van der Waals surface area contributed by atoms with Gasteiger partial charge in [-0.05, 0) is 53.3 Å². The largest absolute Gasteiger partial charge is 0.507 e. The number of phenolic OH excluding ortho intramolecular Hbond substituents is 1. The average Bonchev–Trinajstić information content (AvgIpc) is 3.02. The number of aromatic hydroxyl groups is 1. The van der Waals surface area contributed by atoms with Crippen molar-refractivity contribution < 1.29 is 9.52 Å². The fourth-order valence-corrected chi connectivity index (χ4v) is 3.96. The second-order valence-electron chi connectivity index (χ2n) is 6.19. The predicted octanol–water partition coefficient (Wildman–Crippen LogP) is 4.29. The summed E-state index contributed by atoms with van der Waals surface area (Å²) in [5.41, 5.74) is 2.46.